The van der Waals surface area contributed by atoms with Crippen molar-refractivity contribution in [3.8, 4) is 34.0 Å². The maximum absolute atomic E-state index is 13.5. The fourth-order valence-electron chi connectivity index (χ4n) is 3.03. The first-order valence-electron chi connectivity index (χ1n) is 8.30. The minimum Gasteiger partial charge on any atom is -0.497 e. The number of hydrogen-bond donors (Lipinski definition) is 1. The second kappa shape index (κ2) is 6.68. The lowest BCUT2D eigenvalue weighted by Crippen LogP contribution is -1.94. The molecule has 0 saturated carbocycles. The van der Waals surface area contributed by atoms with Crippen molar-refractivity contribution in [3.05, 3.63) is 54.0 Å². The predicted octanol–water partition coefficient (Wildman–Crippen LogP) is 4.15. The van der Waals surface area contributed by atoms with Gasteiger partial charge in [-0.25, -0.2) is 14.4 Å². The zero-order valence-electron chi connectivity index (χ0n) is 15.1. The van der Waals surface area contributed by atoms with E-state index in [9.17, 15) is 4.39 Å². The van der Waals surface area contributed by atoms with Crippen LogP contribution in [0.25, 0.3) is 33.7 Å². The number of benzene rings is 2. The lowest BCUT2D eigenvalue weighted by atomic mass is 10.0. The number of halogens is 1. The Bertz CT molecular complexity index is 1140. The van der Waals surface area contributed by atoms with E-state index in [1.54, 1.807) is 19.4 Å². The normalized spacial score (nSPS) is 11.0. The van der Waals surface area contributed by atoms with Gasteiger partial charge in [0.25, 0.3) is 0 Å². The van der Waals surface area contributed by atoms with E-state index < -0.39 is 0 Å². The number of nitrogens with one attached hydrogen (secondary N) is 1. The van der Waals surface area contributed by atoms with E-state index in [1.165, 1.54) is 19.2 Å². The second-order valence-electron chi connectivity index (χ2n) is 6.05. The molecule has 0 fully saturated rings. The highest BCUT2D eigenvalue weighted by molar-refractivity contribution is 5.90. The Hall–Kier alpha value is -3.48. The van der Waals surface area contributed by atoms with Gasteiger partial charge in [0.15, 0.2) is 5.65 Å². The van der Waals surface area contributed by atoms with Gasteiger partial charge in [0, 0.05) is 17.2 Å². The van der Waals surface area contributed by atoms with Gasteiger partial charge in [-0.1, -0.05) is 0 Å². The fourth-order valence-corrected chi connectivity index (χ4v) is 3.03. The molecule has 1 N–H and O–H groups in total. The minimum absolute atomic E-state index is 0.373. The summed E-state index contributed by atoms with van der Waals surface area (Å²) in [6.45, 7) is 1.99. The summed E-state index contributed by atoms with van der Waals surface area (Å²) in [6.07, 6.45) is 1.60. The summed E-state index contributed by atoms with van der Waals surface area (Å²) in [4.78, 5) is 9.10. The summed E-state index contributed by atoms with van der Waals surface area (Å²) in [5.41, 5.74) is 5.11. The number of H-pyrrole nitrogens is 1. The van der Waals surface area contributed by atoms with E-state index in [1.807, 2.05) is 25.1 Å². The molecule has 0 amide bonds. The van der Waals surface area contributed by atoms with Crippen molar-refractivity contribution in [2.24, 2.45) is 0 Å². The molecule has 0 radical (unpaired) electrons. The van der Waals surface area contributed by atoms with Crippen LogP contribution in [0.1, 0.15) is 5.56 Å². The van der Waals surface area contributed by atoms with Gasteiger partial charge in [-0.3, -0.25) is 5.10 Å². The van der Waals surface area contributed by atoms with E-state index in [0.717, 1.165) is 22.6 Å². The SMILES string of the molecule is COc1ccc(-c2[nH]nc3ncc(-c4ccc(F)cc4OC)nc23)c(C)c1. The average molecular weight is 364 g/mol. The molecule has 2 heterocycles. The van der Waals surface area contributed by atoms with Crippen molar-refractivity contribution in [1.29, 1.82) is 0 Å². The van der Waals surface area contributed by atoms with Crippen LogP contribution in [0, 0.1) is 12.7 Å². The molecule has 0 aliphatic carbocycles. The van der Waals surface area contributed by atoms with E-state index in [2.05, 4.69) is 15.2 Å². The topological polar surface area (TPSA) is 72.9 Å². The first-order valence-corrected chi connectivity index (χ1v) is 8.30. The summed E-state index contributed by atoms with van der Waals surface area (Å²) in [5, 5.41) is 7.27. The van der Waals surface area contributed by atoms with Gasteiger partial charge in [-0.15, -0.1) is 0 Å². The van der Waals surface area contributed by atoms with Gasteiger partial charge in [0.1, 0.15) is 22.8 Å². The Morgan fingerprint density at radius 3 is 2.56 bits per heavy atom. The molecule has 7 heteroatoms. The van der Waals surface area contributed by atoms with Crippen LogP contribution < -0.4 is 9.47 Å². The molecule has 4 aromatic rings. The predicted molar refractivity (Wildman–Crippen MR) is 100 cm³/mol. The molecule has 27 heavy (non-hydrogen) atoms. The van der Waals surface area contributed by atoms with Gasteiger partial charge >= 0.3 is 0 Å². The number of aromatic nitrogens is 4. The van der Waals surface area contributed by atoms with Gasteiger partial charge in [0.2, 0.25) is 0 Å². The van der Waals surface area contributed by atoms with Crippen LogP contribution >= 0.6 is 0 Å². The zero-order chi connectivity index (χ0) is 19.0. The number of aryl methyl sites for hydroxylation is 1. The fraction of sp³-hybridized carbons (Fsp3) is 0.150. The van der Waals surface area contributed by atoms with Crippen molar-refractivity contribution in [2.75, 3.05) is 14.2 Å². The quantitative estimate of drug-likeness (QED) is 0.589. The first kappa shape index (κ1) is 17.0. The Kier molecular flexibility index (Phi) is 4.19. The molecule has 2 aromatic heterocycles. The Morgan fingerprint density at radius 1 is 1.00 bits per heavy atom. The Labute approximate surface area is 155 Å². The molecule has 0 bridgehead atoms. The molecule has 0 saturated heterocycles. The second-order valence-corrected chi connectivity index (χ2v) is 6.05. The molecule has 0 aliphatic rings. The van der Waals surface area contributed by atoms with Crippen LogP contribution in [0.5, 0.6) is 11.5 Å². The van der Waals surface area contributed by atoms with Gasteiger partial charge < -0.3 is 9.47 Å². The van der Waals surface area contributed by atoms with Crippen LogP contribution in [0.4, 0.5) is 4.39 Å². The van der Waals surface area contributed by atoms with Gasteiger partial charge in [0.05, 0.1) is 31.8 Å². The number of ether oxygens (including phenoxy) is 2. The van der Waals surface area contributed by atoms with Crippen molar-refractivity contribution < 1.29 is 13.9 Å². The molecule has 0 unspecified atom stereocenters. The van der Waals surface area contributed by atoms with E-state index in [-0.39, 0.29) is 5.82 Å². The number of hydrogen-bond acceptors (Lipinski definition) is 5. The summed E-state index contributed by atoms with van der Waals surface area (Å²) in [6, 6.07) is 10.1. The summed E-state index contributed by atoms with van der Waals surface area (Å²) in [5.74, 6) is 0.805. The van der Waals surface area contributed by atoms with Crippen LogP contribution in [-0.2, 0) is 0 Å². The zero-order valence-corrected chi connectivity index (χ0v) is 15.1. The van der Waals surface area contributed by atoms with Crippen molar-refractivity contribution in [3.63, 3.8) is 0 Å². The number of nitrogens with zero attached hydrogens (tertiary/aromatic N) is 3. The Morgan fingerprint density at radius 2 is 1.81 bits per heavy atom. The molecular formula is C20H17FN4O2. The third kappa shape index (κ3) is 2.97. The molecular weight excluding hydrogens is 347 g/mol. The third-order valence-electron chi connectivity index (χ3n) is 4.41. The van der Waals surface area contributed by atoms with Crippen LogP contribution in [0.15, 0.2) is 42.6 Å². The molecule has 0 spiro atoms. The summed E-state index contributed by atoms with van der Waals surface area (Å²) in [7, 11) is 3.13. The lowest BCUT2D eigenvalue weighted by molar-refractivity contribution is 0.413. The van der Waals surface area contributed by atoms with Gasteiger partial charge in [-0.05, 0) is 42.8 Å². The van der Waals surface area contributed by atoms with Crippen molar-refractivity contribution >= 4 is 11.2 Å². The summed E-state index contributed by atoms with van der Waals surface area (Å²) < 4.78 is 24.1. The molecule has 0 aliphatic heterocycles. The van der Waals surface area contributed by atoms with Crippen LogP contribution in [0.2, 0.25) is 0 Å². The number of methoxy groups -OCH3 is 2. The highest BCUT2D eigenvalue weighted by Gasteiger charge is 2.16. The van der Waals surface area contributed by atoms with Crippen LogP contribution in [0.3, 0.4) is 0 Å². The van der Waals surface area contributed by atoms with E-state index in [4.69, 9.17) is 14.5 Å². The van der Waals surface area contributed by atoms with E-state index in [0.29, 0.717) is 28.2 Å². The maximum atomic E-state index is 13.5. The standard InChI is InChI=1S/C20H17FN4O2/c1-11-8-13(26-2)5-7-14(11)18-19-20(25-24-18)22-10-16(23-19)15-6-4-12(21)9-17(15)27-3/h4-10H,1-3H3,(H,22,24,25). The highest BCUT2D eigenvalue weighted by atomic mass is 19.1. The van der Waals surface area contributed by atoms with Crippen molar-refractivity contribution in [1.82, 2.24) is 20.2 Å². The third-order valence-corrected chi connectivity index (χ3v) is 4.41. The highest BCUT2D eigenvalue weighted by Crippen LogP contribution is 2.33. The first-order chi connectivity index (χ1) is 13.1. The lowest BCUT2D eigenvalue weighted by Gasteiger charge is -2.09. The average Bonchev–Trinajstić information content (AvgIpc) is 3.10. The summed E-state index contributed by atoms with van der Waals surface area (Å²) >= 11 is 0. The molecule has 0 atom stereocenters. The minimum atomic E-state index is -0.373. The Balaban J connectivity index is 1.88. The number of fused-ring (bicyclic) bond motifs is 1. The molecule has 6 nitrogen and oxygen atoms in total. The smallest absolute Gasteiger partial charge is 0.200 e. The molecule has 2 aromatic carbocycles. The number of aromatic amines is 1. The molecule has 4 rings (SSSR count). The monoisotopic (exact) mass is 364 g/mol. The largest absolute Gasteiger partial charge is 0.497 e. The molecule has 136 valence electrons. The maximum Gasteiger partial charge on any atom is 0.200 e. The van der Waals surface area contributed by atoms with E-state index >= 15 is 0 Å². The number of rotatable bonds is 4. The van der Waals surface area contributed by atoms with Crippen molar-refractivity contribution in [2.45, 2.75) is 6.92 Å². The van der Waals surface area contributed by atoms with Crippen LogP contribution in [-0.4, -0.2) is 34.4 Å². The van der Waals surface area contributed by atoms with Gasteiger partial charge in [-0.2, -0.15) is 5.10 Å².